The van der Waals surface area contributed by atoms with Crippen LogP contribution >= 0.6 is 11.3 Å². The molecule has 0 spiro atoms. The summed E-state index contributed by atoms with van der Waals surface area (Å²) in [4.78, 5) is 25.2. The Bertz CT molecular complexity index is 467. The highest BCUT2D eigenvalue weighted by Crippen LogP contribution is 2.17. The van der Waals surface area contributed by atoms with Crippen molar-refractivity contribution >= 4 is 23.2 Å². The number of aryl methyl sites for hydroxylation is 2. The molecule has 0 radical (unpaired) electrons. The lowest BCUT2D eigenvalue weighted by molar-refractivity contribution is -0.142. The monoisotopic (exact) mass is 295 g/mol. The molecule has 0 aliphatic heterocycles. The molecule has 2 N–H and O–H groups in total. The molecule has 1 heterocycles. The zero-order valence-electron chi connectivity index (χ0n) is 11.7. The summed E-state index contributed by atoms with van der Waals surface area (Å²) >= 11 is 1.73. The Kier molecular flexibility index (Phi) is 7.01. The van der Waals surface area contributed by atoms with Gasteiger partial charge in [-0.25, -0.2) is 4.79 Å². The molecule has 0 aromatic carbocycles. The fourth-order valence-corrected chi connectivity index (χ4v) is 2.78. The summed E-state index contributed by atoms with van der Waals surface area (Å²) in [7, 11) is 0. The van der Waals surface area contributed by atoms with Gasteiger partial charge in [0.15, 0.2) is 0 Å². The number of carboxylic acid groups (broad SMARTS) is 1. The Hall–Kier alpha value is -1.62. The van der Waals surface area contributed by atoms with E-state index in [4.69, 9.17) is 5.11 Å². The molecular weight excluding hydrogens is 274 g/mol. The second kappa shape index (κ2) is 8.53. The van der Waals surface area contributed by atoms with Crippen molar-refractivity contribution in [3.8, 4) is 0 Å². The zero-order chi connectivity index (χ0) is 15.0. The first-order chi connectivity index (χ1) is 9.52. The van der Waals surface area contributed by atoms with Crippen molar-refractivity contribution in [2.24, 2.45) is 0 Å². The predicted octanol–water partition coefficient (Wildman–Crippen LogP) is 2.91. The van der Waals surface area contributed by atoms with Crippen LogP contribution in [-0.2, 0) is 16.0 Å². The summed E-state index contributed by atoms with van der Waals surface area (Å²) in [5, 5.41) is 11.6. The van der Waals surface area contributed by atoms with Crippen LogP contribution in [0.5, 0.6) is 0 Å². The summed E-state index contributed by atoms with van der Waals surface area (Å²) in [6.07, 6.45) is 4.56. The maximum atomic E-state index is 11.7. The number of carboxylic acids is 1. The number of carbonyl (C=O) groups is 2. The molecule has 20 heavy (non-hydrogen) atoms. The van der Waals surface area contributed by atoms with Gasteiger partial charge in [-0.1, -0.05) is 6.08 Å². The van der Waals surface area contributed by atoms with Crippen molar-refractivity contribution in [2.75, 3.05) is 0 Å². The van der Waals surface area contributed by atoms with Crippen LogP contribution in [0.1, 0.15) is 35.4 Å². The van der Waals surface area contributed by atoms with Crippen LogP contribution in [0, 0.1) is 6.92 Å². The molecule has 0 aliphatic rings. The first-order valence-electron chi connectivity index (χ1n) is 6.71. The summed E-state index contributed by atoms with van der Waals surface area (Å²) in [6.45, 7) is 5.61. The standard InChI is InChI=1S/C15H21NO3S/c1-3-4-7-13(15(18)19)16-14(17)8-5-6-12-10-9-11(2)20-12/h3,9-10,13H,1,4-8H2,2H3,(H,16,17)(H,18,19). The van der Waals surface area contributed by atoms with Crippen LogP contribution in [0.3, 0.4) is 0 Å². The van der Waals surface area contributed by atoms with Crippen molar-refractivity contribution in [1.82, 2.24) is 5.32 Å². The highest BCUT2D eigenvalue weighted by Gasteiger charge is 2.18. The van der Waals surface area contributed by atoms with Crippen molar-refractivity contribution < 1.29 is 14.7 Å². The zero-order valence-corrected chi connectivity index (χ0v) is 12.5. The summed E-state index contributed by atoms with van der Waals surface area (Å²) in [5.74, 6) is -1.19. The highest BCUT2D eigenvalue weighted by molar-refractivity contribution is 7.11. The SMILES string of the molecule is C=CCCC(NC(=O)CCCc1ccc(C)s1)C(=O)O. The molecule has 1 amide bonds. The van der Waals surface area contributed by atoms with Crippen LogP contribution in [0.4, 0.5) is 0 Å². The number of amides is 1. The van der Waals surface area contributed by atoms with Gasteiger partial charge < -0.3 is 10.4 Å². The van der Waals surface area contributed by atoms with Gasteiger partial charge in [-0.3, -0.25) is 4.79 Å². The van der Waals surface area contributed by atoms with Gasteiger partial charge in [0.25, 0.3) is 0 Å². The van der Waals surface area contributed by atoms with E-state index < -0.39 is 12.0 Å². The molecular formula is C15H21NO3S. The van der Waals surface area contributed by atoms with Gasteiger partial charge >= 0.3 is 5.97 Å². The Morgan fingerprint density at radius 3 is 2.80 bits per heavy atom. The normalized spacial score (nSPS) is 11.8. The smallest absolute Gasteiger partial charge is 0.326 e. The van der Waals surface area contributed by atoms with Gasteiger partial charge in [-0.15, -0.1) is 17.9 Å². The molecule has 1 atom stereocenters. The van der Waals surface area contributed by atoms with Crippen molar-refractivity contribution in [3.05, 3.63) is 34.5 Å². The number of nitrogens with one attached hydrogen (secondary N) is 1. The molecule has 1 aromatic heterocycles. The number of aliphatic carboxylic acids is 1. The second-order valence-corrected chi connectivity index (χ2v) is 6.06. The van der Waals surface area contributed by atoms with Gasteiger partial charge in [0.05, 0.1) is 0 Å². The van der Waals surface area contributed by atoms with E-state index in [2.05, 4.69) is 31.0 Å². The minimum absolute atomic E-state index is 0.199. The maximum Gasteiger partial charge on any atom is 0.326 e. The molecule has 0 saturated carbocycles. The first kappa shape index (κ1) is 16.4. The predicted molar refractivity (Wildman–Crippen MR) is 81.0 cm³/mol. The fraction of sp³-hybridized carbons (Fsp3) is 0.467. The number of allylic oxidation sites excluding steroid dienone is 1. The molecule has 110 valence electrons. The number of thiophene rings is 1. The molecule has 1 rings (SSSR count). The molecule has 1 aromatic rings. The summed E-state index contributed by atoms with van der Waals surface area (Å²) < 4.78 is 0. The first-order valence-corrected chi connectivity index (χ1v) is 7.53. The van der Waals surface area contributed by atoms with E-state index >= 15 is 0 Å². The lowest BCUT2D eigenvalue weighted by Gasteiger charge is -2.13. The van der Waals surface area contributed by atoms with E-state index in [1.807, 2.05) is 0 Å². The van der Waals surface area contributed by atoms with Crippen molar-refractivity contribution in [1.29, 1.82) is 0 Å². The van der Waals surface area contributed by atoms with Gasteiger partial charge in [0.2, 0.25) is 5.91 Å². The average Bonchev–Trinajstić information content (AvgIpc) is 2.80. The van der Waals surface area contributed by atoms with E-state index in [-0.39, 0.29) is 5.91 Å². The summed E-state index contributed by atoms with van der Waals surface area (Å²) in [5.41, 5.74) is 0. The summed E-state index contributed by atoms with van der Waals surface area (Å²) in [6, 6.07) is 3.32. The van der Waals surface area contributed by atoms with Crippen molar-refractivity contribution in [3.63, 3.8) is 0 Å². The Morgan fingerprint density at radius 1 is 1.50 bits per heavy atom. The molecule has 5 heteroatoms. The topological polar surface area (TPSA) is 66.4 Å². The van der Waals surface area contributed by atoms with Gasteiger partial charge in [-0.2, -0.15) is 0 Å². The third-order valence-corrected chi connectivity index (χ3v) is 3.98. The van der Waals surface area contributed by atoms with Gasteiger partial charge in [0.1, 0.15) is 6.04 Å². The Balaban J connectivity index is 2.30. The van der Waals surface area contributed by atoms with Crippen LogP contribution < -0.4 is 5.32 Å². The molecule has 1 unspecified atom stereocenters. The van der Waals surface area contributed by atoms with E-state index in [0.717, 1.165) is 12.8 Å². The maximum absolute atomic E-state index is 11.7. The number of carbonyl (C=O) groups excluding carboxylic acids is 1. The molecule has 0 aliphatic carbocycles. The number of hydrogen-bond acceptors (Lipinski definition) is 3. The molecule has 0 fully saturated rings. The molecule has 0 saturated heterocycles. The van der Waals surface area contributed by atoms with E-state index in [1.54, 1.807) is 17.4 Å². The average molecular weight is 295 g/mol. The van der Waals surface area contributed by atoms with E-state index in [0.29, 0.717) is 19.3 Å². The minimum Gasteiger partial charge on any atom is -0.480 e. The third-order valence-electron chi connectivity index (χ3n) is 2.92. The fourth-order valence-electron chi connectivity index (χ4n) is 1.85. The minimum atomic E-state index is -0.992. The van der Waals surface area contributed by atoms with Gasteiger partial charge in [0, 0.05) is 16.2 Å². The number of rotatable bonds is 9. The third kappa shape index (κ3) is 6.02. The Morgan fingerprint density at radius 2 is 2.25 bits per heavy atom. The van der Waals surface area contributed by atoms with Crippen LogP contribution in [-0.4, -0.2) is 23.0 Å². The lowest BCUT2D eigenvalue weighted by atomic mass is 10.1. The lowest BCUT2D eigenvalue weighted by Crippen LogP contribution is -2.40. The molecule has 0 bridgehead atoms. The van der Waals surface area contributed by atoms with E-state index in [9.17, 15) is 9.59 Å². The quantitative estimate of drug-likeness (QED) is 0.688. The Labute approximate surface area is 123 Å². The highest BCUT2D eigenvalue weighted by atomic mass is 32.1. The van der Waals surface area contributed by atoms with Crippen LogP contribution in [0.25, 0.3) is 0 Å². The second-order valence-electron chi connectivity index (χ2n) is 4.69. The van der Waals surface area contributed by atoms with E-state index in [1.165, 1.54) is 9.75 Å². The molecule has 4 nitrogen and oxygen atoms in total. The van der Waals surface area contributed by atoms with Gasteiger partial charge in [-0.05, 0) is 44.7 Å². The number of hydrogen-bond donors (Lipinski definition) is 2. The largest absolute Gasteiger partial charge is 0.480 e. The van der Waals surface area contributed by atoms with Crippen LogP contribution in [0.15, 0.2) is 24.8 Å². The van der Waals surface area contributed by atoms with Crippen LogP contribution in [0.2, 0.25) is 0 Å². The van der Waals surface area contributed by atoms with Crippen molar-refractivity contribution in [2.45, 2.75) is 45.1 Å².